The SMILES string of the molecule is COc1ccc([C@H](C)NC(=O)CSc2ccc(Br)cc2C)cc1F. The van der Waals surface area contributed by atoms with Crippen molar-refractivity contribution in [1.29, 1.82) is 0 Å². The molecule has 0 radical (unpaired) electrons. The number of carbonyl (C=O) groups is 1. The highest BCUT2D eigenvalue weighted by molar-refractivity contribution is 9.10. The molecule has 2 aromatic rings. The normalized spacial score (nSPS) is 11.9. The molecule has 24 heavy (non-hydrogen) atoms. The van der Waals surface area contributed by atoms with Crippen molar-refractivity contribution in [1.82, 2.24) is 5.32 Å². The van der Waals surface area contributed by atoms with Crippen molar-refractivity contribution in [3.05, 3.63) is 57.8 Å². The third-order valence-corrected chi connectivity index (χ3v) is 5.22. The van der Waals surface area contributed by atoms with Crippen LogP contribution in [0, 0.1) is 12.7 Å². The van der Waals surface area contributed by atoms with E-state index in [9.17, 15) is 9.18 Å². The summed E-state index contributed by atoms with van der Waals surface area (Å²) >= 11 is 4.91. The van der Waals surface area contributed by atoms with Crippen LogP contribution in [0.3, 0.4) is 0 Å². The summed E-state index contributed by atoms with van der Waals surface area (Å²) in [4.78, 5) is 13.2. The van der Waals surface area contributed by atoms with Gasteiger partial charge < -0.3 is 10.1 Å². The molecule has 0 spiro atoms. The van der Waals surface area contributed by atoms with Crippen LogP contribution in [0.25, 0.3) is 0 Å². The molecule has 0 saturated heterocycles. The summed E-state index contributed by atoms with van der Waals surface area (Å²) in [6, 6.07) is 10.4. The number of amides is 1. The van der Waals surface area contributed by atoms with Crippen molar-refractivity contribution in [3.63, 3.8) is 0 Å². The molecule has 0 aliphatic heterocycles. The summed E-state index contributed by atoms with van der Waals surface area (Å²) < 4.78 is 19.7. The van der Waals surface area contributed by atoms with Crippen molar-refractivity contribution in [2.45, 2.75) is 24.8 Å². The van der Waals surface area contributed by atoms with Crippen LogP contribution in [0.2, 0.25) is 0 Å². The highest BCUT2D eigenvalue weighted by Gasteiger charge is 2.13. The average molecular weight is 412 g/mol. The fraction of sp³-hybridized carbons (Fsp3) is 0.278. The van der Waals surface area contributed by atoms with Crippen LogP contribution in [0.15, 0.2) is 45.8 Å². The Hall–Kier alpha value is -1.53. The zero-order chi connectivity index (χ0) is 17.7. The van der Waals surface area contributed by atoms with Crippen LogP contribution in [-0.2, 0) is 4.79 Å². The molecule has 0 aliphatic carbocycles. The van der Waals surface area contributed by atoms with Gasteiger partial charge in [-0.15, -0.1) is 11.8 Å². The minimum Gasteiger partial charge on any atom is -0.494 e. The third kappa shape index (κ3) is 4.98. The number of aryl methyl sites for hydroxylation is 1. The van der Waals surface area contributed by atoms with E-state index < -0.39 is 5.82 Å². The van der Waals surface area contributed by atoms with Crippen molar-refractivity contribution in [2.24, 2.45) is 0 Å². The maximum atomic E-state index is 13.7. The number of hydrogen-bond acceptors (Lipinski definition) is 3. The first-order valence-corrected chi connectivity index (χ1v) is 9.20. The maximum Gasteiger partial charge on any atom is 0.230 e. The van der Waals surface area contributed by atoms with E-state index >= 15 is 0 Å². The first-order valence-electron chi connectivity index (χ1n) is 7.42. The van der Waals surface area contributed by atoms with Gasteiger partial charge >= 0.3 is 0 Å². The molecule has 0 unspecified atom stereocenters. The van der Waals surface area contributed by atoms with Crippen LogP contribution < -0.4 is 10.1 Å². The van der Waals surface area contributed by atoms with Crippen molar-refractivity contribution < 1.29 is 13.9 Å². The molecule has 0 fully saturated rings. The Morgan fingerprint density at radius 3 is 2.71 bits per heavy atom. The molecule has 0 aromatic heterocycles. The van der Waals surface area contributed by atoms with Gasteiger partial charge in [0.2, 0.25) is 5.91 Å². The van der Waals surface area contributed by atoms with Gasteiger partial charge in [-0.1, -0.05) is 22.0 Å². The number of methoxy groups -OCH3 is 1. The summed E-state index contributed by atoms with van der Waals surface area (Å²) in [6.45, 7) is 3.84. The fourth-order valence-electron chi connectivity index (χ4n) is 2.24. The molecule has 128 valence electrons. The van der Waals surface area contributed by atoms with E-state index in [0.717, 1.165) is 14.9 Å². The minimum atomic E-state index is -0.434. The third-order valence-electron chi connectivity index (χ3n) is 3.55. The first-order chi connectivity index (χ1) is 11.4. The molecule has 1 atom stereocenters. The molecule has 0 aliphatic rings. The summed E-state index contributed by atoms with van der Waals surface area (Å²) in [5.74, 6) is -0.0219. The van der Waals surface area contributed by atoms with Gasteiger partial charge in [0, 0.05) is 9.37 Å². The minimum absolute atomic E-state index is 0.0916. The van der Waals surface area contributed by atoms with E-state index in [1.165, 1.54) is 24.9 Å². The lowest BCUT2D eigenvalue weighted by atomic mass is 10.1. The number of ether oxygens (including phenoxy) is 1. The van der Waals surface area contributed by atoms with E-state index in [0.29, 0.717) is 11.3 Å². The van der Waals surface area contributed by atoms with Gasteiger partial charge in [-0.05, 0) is 55.3 Å². The van der Waals surface area contributed by atoms with Crippen LogP contribution in [0.5, 0.6) is 5.75 Å². The van der Waals surface area contributed by atoms with Gasteiger partial charge in [-0.2, -0.15) is 0 Å². The number of rotatable bonds is 6. The quantitative estimate of drug-likeness (QED) is 0.688. The molecule has 0 bridgehead atoms. The molecule has 1 amide bonds. The summed E-state index contributed by atoms with van der Waals surface area (Å²) in [6.07, 6.45) is 0. The number of hydrogen-bond donors (Lipinski definition) is 1. The van der Waals surface area contributed by atoms with Crippen LogP contribution >= 0.6 is 27.7 Å². The maximum absolute atomic E-state index is 13.7. The number of nitrogens with one attached hydrogen (secondary N) is 1. The lowest BCUT2D eigenvalue weighted by Gasteiger charge is -2.15. The molecule has 0 saturated carbocycles. The number of halogens is 2. The first kappa shape index (κ1) is 18.8. The second-order valence-corrected chi connectivity index (χ2v) is 7.31. The monoisotopic (exact) mass is 411 g/mol. The Labute approximate surface area is 154 Å². The Kier molecular flexibility index (Phi) is 6.69. The van der Waals surface area contributed by atoms with E-state index in [1.807, 2.05) is 32.0 Å². The van der Waals surface area contributed by atoms with E-state index in [-0.39, 0.29) is 17.7 Å². The Morgan fingerprint density at radius 2 is 2.08 bits per heavy atom. The molecule has 2 aromatic carbocycles. The van der Waals surface area contributed by atoms with Gasteiger partial charge in [-0.25, -0.2) is 4.39 Å². The molecule has 1 N–H and O–H groups in total. The van der Waals surface area contributed by atoms with Gasteiger partial charge in [0.25, 0.3) is 0 Å². The second kappa shape index (κ2) is 8.53. The topological polar surface area (TPSA) is 38.3 Å². The van der Waals surface area contributed by atoms with E-state index in [1.54, 1.807) is 12.1 Å². The smallest absolute Gasteiger partial charge is 0.230 e. The van der Waals surface area contributed by atoms with Gasteiger partial charge in [0.1, 0.15) is 0 Å². The van der Waals surface area contributed by atoms with Gasteiger partial charge in [-0.3, -0.25) is 4.79 Å². The highest BCUT2D eigenvalue weighted by atomic mass is 79.9. The fourth-order valence-corrected chi connectivity index (χ4v) is 3.53. The van der Waals surface area contributed by atoms with Gasteiger partial charge in [0.15, 0.2) is 11.6 Å². The average Bonchev–Trinajstić information content (AvgIpc) is 2.53. The Bertz CT molecular complexity index is 739. The van der Waals surface area contributed by atoms with Crippen LogP contribution in [-0.4, -0.2) is 18.8 Å². The Balaban J connectivity index is 1.93. The zero-order valence-corrected chi connectivity index (χ0v) is 16.1. The molecule has 6 heteroatoms. The second-order valence-electron chi connectivity index (χ2n) is 5.38. The summed E-state index contributed by atoms with van der Waals surface area (Å²) in [7, 11) is 1.42. The molecule has 3 nitrogen and oxygen atoms in total. The van der Waals surface area contributed by atoms with E-state index in [2.05, 4.69) is 21.2 Å². The largest absolute Gasteiger partial charge is 0.494 e. The number of benzene rings is 2. The van der Waals surface area contributed by atoms with Crippen molar-refractivity contribution >= 4 is 33.6 Å². The summed E-state index contributed by atoms with van der Waals surface area (Å²) in [5.41, 5.74) is 1.82. The van der Waals surface area contributed by atoms with Crippen molar-refractivity contribution in [3.8, 4) is 5.75 Å². The molecular formula is C18H19BrFNO2S. The van der Waals surface area contributed by atoms with Crippen molar-refractivity contribution in [2.75, 3.05) is 12.9 Å². The van der Waals surface area contributed by atoms with Crippen LogP contribution in [0.1, 0.15) is 24.1 Å². The molecular weight excluding hydrogens is 393 g/mol. The molecule has 2 rings (SSSR count). The lowest BCUT2D eigenvalue weighted by Crippen LogP contribution is -2.28. The highest BCUT2D eigenvalue weighted by Crippen LogP contribution is 2.26. The zero-order valence-electron chi connectivity index (χ0n) is 13.7. The standard InChI is InChI=1S/C18H19BrFNO2S/c1-11-8-14(19)5-7-17(11)24-10-18(22)21-12(2)13-4-6-16(23-3)15(20)9-13/h4-9,12H,10H2,1-3H3,(H,21,22)/t12-/m0/s1. The van der Waals surface area contributed by atoms with Gasteiger partial charge in [0.05, 0.1) is 18.9 Å². The molecule has 0 heterocycles. The lowest BCUT2D eigenvalue weighted by molar-refractivity contribution is -0.119. The predicted octanol–water partition coefficient (Wildman–Crippen LogP) is 4.87. The van der Waals surface area contributed by atoms with Crippen LogP contribution in [0.4, 0.5) is 4.39 Å². The Morgan fingerprint density at radius 1 is 1.33 bits per heavy atom. The predicted molar refractivity (Wildman–Crippen MR) is 99.1 cm³/mol. The number of thioether (sulfide) groups is 1. The summed E-state index contributed by atoms with van der Waals surface area (Å²) in [5, 5.41) is 2.89. The number of carbonyl (C=O) groups excluding carboxylic acids is 1. The van der Waals surface area contributed by atoms with E-state index in [4.69, 9.17) is 4.74 Å².